The molecule has 3 rings (SSSR count). The van der Waals surface area contributed by atoms with Crippen LogP contribution < -0.4 is 11.1 Å². The Labute approximate surface area is 155 Å². The van der Waals surface area contributed by atoms with E-state index in [-0.39, 0.29) is 24.0 Å². The minimum Gasteiger partial charge on any atom is -0.370 e. The maximum Gasteiger partial charge on any atom is 0.193 e. The van der Waals surface area contributed by atoms with Crippen molar-refractivity contribution in [3.63, 3.8) is 0 Å². The monoisotopic (exact) mass is 421 g/mol. The van der Waals surface area contributed by atoms with E-state index in [0.717, 1.165) is 12.1 Å². The van der Waals surface area contributed by atoms with Gasteiger partial charge in [0.25, 0.3) is 0 Å². The van der Waals surface area contributed by atoms with Gasteiger partial charge in [-0.1, -0.05) is 30.3 Å². The second-order valence-corrected chi connectivity index (χ2v) is 6.20. The van der Waals surface area contributed by atoms with Crippen LogP contribution in [0, 0.1) is 20.8 Å². The average Bonchev–Trinajstić information content (AvgIpc) is 3.22. The van der Waals surface area contributed by atoms with Gasteiger partial charge in [0.2, 0.25) is 0 Å². The quantitative estimate of drug-likeness (QED) is 0.435. The van der Waals surface area contributed by atoms with Crippen molar-refractivity contribution < 1.29 is 0 Å². The molecule has 3 nitrogen and oxygen atoms in total. The molecule has 3 N–H and O–H groups in total. The standard InChI is InChI=1S/C19H23N3.HI/c1-12-8-9-15(10-14(12)3)21-19(20)22-18-11-17(18)16-7-5-4-6-13(16)2;/h4-10,17-18H,11H2,1-3H3,(H3,20,21,22);1H. The summed E-state index contributed by atoms with van der Waals surface area (Å²) in [5.41, 5.74) is 12.3. The summed E-state index contributed by atoms with van der Waals surface area (Å²) in [6.07, 6.45) is 1.08. The Bertz CT molecular complexity index is 724. The maximum atomic E-state index is 6.05. The molecule has 23 heavy (non-hydrogen) atoms. The van der Waals surface area contributed by atoms with Gasteiger partial charge in [0.05, 0.1) is 6.04 Å². The van der Waals surface area contributed by atoms with Gasteiger partial charge in [0.1, 0.15) is 0 Å². The normalized spacial score (nSPS) is 19.9. The van der Waals surface area contributed by atoms with Crippen molar-refractivity contribution in [3.8, 4) is 0 Å². The van der Waals surface area contributed by atoms with E-state index in [1.165, 1.54) is 22.3 Å². The summed E-state index contributed by atoms with van der Waals surface area (Å²) in [5, 5.41) is 3.20. The van der Waals surface area contributed by atoms with Gasteiger partial charge in [-0.2, -0.15) is 0 Å². The Morgan fingerprint density at radius 3 is 2.48 bits per heavy atom. The van der Waals surface area contributed by atoms with Crippen LogP contribution in [0.1, 0.15) is 34.6 Å². The van der Waals surface area contributed by atoms with Gasteiger partial charge in [-0.3, -0.25) is 0 Å². The van der Waals surface area contributed by atoms with Crippen LogP contribution in [0.3, 0.4) is 0 Å². The lowest BCUT2D eigenvalue weighted by atomic mass is 10.0. The number of hydrogen-bond donors (Lipinski definition) is 2. The van der Waals surface area contributed by atoms with Crippen LogP contribution in [0.5, 0.6) is 0 Å². The Balaban J connectivity index is 0.00000192. The number of nitrogens with zero attached hydrogens (tertiary/aromatic N) is 1. The van der Waals surface area contributed by atoms with Gasteiger partial charge >= 0.3 is 0 Å². The highest BCUT2D eigenvalue weighted by atomic mass is 127. The number of aryl methyl sites for hydroxylation is 3. The Hall–Kier alpha value is -1.56. The summed E-state index contributed by atoms with van der Waals surface area (Å²) in [6.45, 7) is 6.36. The number of benzene rings is 2. The largest absolute Gasteiger partial charge is 0.370 e. The fraction of sp³-hybridized carbons (Fsp3) is 0.316. The minimum absolute atomic E-state index is 0. The van der Waals surface area contributed by atoms with E-state index in [0.29, 0.717) is 17.9 Å². The molecule has 1 aliphatic rings. The number of nitrogens with two attached hydrogens (primary N) is 1. The molecule has 2 aromatic rings. The van der Waals surface area contributed by atoms with Gasteiger partial charge < -0.3 is 11.1 Å². The molecule has 1 aliphatic carbocycles. The number of halogens is 1. The van der Waals surface area contributed by atoms with Gasteiger partial charge in [-0.05, 0) is 61.6 Å². The van der Waals surface area contributed by atoms with Crippen LogP contribution in [0.4, 0.5) is 5.69 Å². The van der Waals surface area contributed by atoms with Gasteiger partial charge in [0, 0.05) is 11.6 Å². The van der Waals surface area contributed by atoms with Crippen molar-refractivity contribution in [2.24, 2.45) is 10.7 Å². The lowest BCUT2D eigenvalue weighted by molar-refractivity contribution is 0.975. The van der Waals surface area contributed by atoms with Crippen LogP contribution >= 0.6 is 24.0 Å². The molecule has 2 atom stereocenters. The van der Waals surface area contributed by atoms with Crippen LogP contribution in [-0.2, 0) is 0 Å². The number of guanidine groups is 1. The first-order valence-electron chi connectivity index (χ1n) is 7.77. The minimum atomic E-state index is 0. The number of anilines is 1. The molecule has 0 radical (unpaired) electrons. The van der Waals surface area contributed by atoms with Crippen molar-refractivity contribution in [1.82, 2.24) is 0 Å². The molecule has 2 aromatic carbocycles. The van der Waals surface area contributed by atoms with Crippen LogP contribution in [-0.4, -0.2) is 12.0 Å². The van der Waals surface area contributed by atoms with Crippen molar-refractivity contribution >= 4 is 35.6 Å². The SMILES string of the molecule is Cc1ccc(NC(N)=NC2CC2c2ccccc2C)cc1C.I. The second kappa shape index (κ2) is 7.34. The molecule has 0 spiro atoms. The molecule has 122 valence electrons. The summed E-state index contributed by atoms with van der Waals surface area (Å²) in [6, 6.07) is 15.1. The molecule has 0 bridgehead atoms. The molecule has 0 saturated heterocycles. The number of rotatable bonds is 3. The van der Waals surface area contributed by atoms with E-state index in [4.69, 9.17) is 5.73 Å². The number of nitrogens with one attached hydrogen (secondary N) is 1. The molecule has 0 aliphatic heterocycles. The summed E-state index contributed by atoms with van der Waals surface area (Å²) < 4.78 is 0. The highest BCUT2D eigenvalue weighted by Crippen LogP contribution is 2.44. The van der Waals surface area contributed by atoms with E-state index < -0.39 is 0 Å². The Kier molecular flexibility index (Phi) is 5.68. The van der Waals surface area contributed by atoms with E-state index in [9.17, 15) is 0 Å². The summed E-state index contributed by atoms with van der Waals surface area (Å²) in [7, 11) is 0. The van der Waals surface area contributed by atoms with Gasteiger partial charge in [0.15, 0.2) is 5.96 Å². The highest BCUT2D eigenvalue weighted by Gasteiger charge is 2.39. The third-order valence-electron chi connectivity index (χ3n) is 4.43. The highest BCUT2D eigenvalue weighted by molar-refractivity contribution is 14.0. The lowest BCUT2D eigenvalue weighted by Gasteiger charge is -2.08. The molecule has 2 unspecified atom stereocenters. The third-order valence-corrected chi connectivity index (χ3v) is 4.43. The van der Waals surface area contributed by atoms with Crippen molar-refractivity contribution in [2.45, 2.75) is 39.2 Å². The Morgan fingerprint density at radius 1 is 1.04 bits per heavy atom. The summed E-state index contributed by atoms with van der Waals surface area (Å²) >= 11 is 0. The van der Waals surface area contributed by atoms with E-state index in [2.05, 4.69) is 67.5 Å². The fourth-order valence-corrected chi connectivity index (χ4v) is 2.84. The number of aliphatic imine (C=N–C) groups is 1. The molecule has 1 fully saturated rings. The van der Waals surface area contributed by atoms with Crippen molar-refractivity contribution in [1.29, 1.82) is 0 Å². The fourth-order valence-electron chi connectivity index (χ4n) is 2.84. The molecule has 0 aromatic heterocycles. The number of hydrogen-bond acceptors (Lipinski definition) is 1. The topological polar surface area (TPSA) is 50.4 Å². The zero-order valence-electron chi connectivity index (χ0n) is 13.8. The molecule has 0 amide bonds. The van der Waals surface area contributed by atoms with Crippen LogP contribution in [0.15, 0.2) is 47.5 Å². The zero-order chi connectivity index (χ0) is 15.7. The molecular formula is C19H24IN3. The third kappa shape index (κ3) is 4.25. The van der Waals surface area contributed by atoms with Crippen molar-refractivity contribution in [2.75, 3.05) is 5.32 Å². The molecular weight excluding hydrogens is 397 g/mol. The van der Waals surface area contributed by atoms with Gasteiger partial charge in [-0.25, -0.2) is 4.99 Å². The van der Waals surface area contributed by atoms with Crippen LogP contribution in [0.2, 0.25) is 0 Å². The van der Waals surface area contributed by atoms with E-state index in [1.807, 2.05) is 6.07 Å². The average molecular weight is 421 g/mol. The van der Waals surface area contributed by atoms with Crippen LogP contribution in [0.25, 0.3) is 0 Å². The van der Waals surface area contributed by atoms with E-state index in [1.54, 1.807) is 0 Å². The lowest BCUT2D eigenvalue weighted by Crippen LogP contribution is -2.23. The first-order chi connectivity index (χ1) is 10.5. The summed E-state index contributed by atoms with van der Waals surface area (Å²) in [4.78, 5) is 4.62. The van der Waals surface area contributed by atoms with Gasteiger partial charge in [-0.15, -0.1) is 24.0 Å². The zero-order valence-corrected chi connectivity index (χ0v) is 16.2. The van der Waals surface area contributed by atoms with Crippen molar-refractivity contribution in [3.05, 3.63) is 64.7 Å². The molecule has 1 saturated carbocycles. The first kappa shape index (κ1) is 17.8. The maximum absolute atomic E-state index is 6.05. The Morgan fingerprint density at radius 2 is 1.78 bits per heavy atom. The summed E-state index contributed by atoms with van der Waals surface area (Å²) in [5.74, 6) is 1.02. The molecule has 4 heteroatoms. The first-order valence-corrected chi connectivity index (χ1v) is 7.77. The predicted molar refractivity (Wildman–Crippen MR) is 109 cm³/mol. The molecule has 0 heterocycles. The predicted octanol–water partition coefficient (Wildman–Crippen LogP) is 4.51. The van der Waals surface area contributed by atoms with E-state index >= 15 is 0 Å². The second-order valence-electron chi connectivity index (χ2n) is 6.20. The smallest absolute Gasteiger partial charge is 0.193 e.